The molecule has 2 fully saturated rings. The maximum atomic E-state index is 5.31. The van der Waals surface area contributed by atoms with Crippen LogP contribution in [0, 0.1) is 5.41 Å². The summed E-state index contributed by atoms with van der Waals surface area (Å²) in [6.45, 7) is 0.486. The molecule has 12 heavy (non-hydrogen) atoms. The molecule has 0 saturated heterocycles. The lowest BCUT2D eigenvalue weighted by Gasteiger charge is -2.26. The Morgan fingerprint density at radius 2 is 2.25 bits per heavy atom. The highest BCUT2D eigenvalue weighted by Crippen LogP contribution is 2.59. The lowest BCUT2D eigenvalue weighted by molar-refractivity contribution is 0.168. The van der Waals surface area contributed by atoms with Gasteiger partial charge in [-0.3, -0.25) is 0 Å². The van der Waals surface area contributed by atoms with E-state index in [-0.39, 0.29) is 0 Å². The third-order valence-corrected chi connectivity index (χ3v) is 2.75. The molecule has 2 nitrogen and oxygen atoms in total. The van der Waals surface area contributed by atoms with Crippen LogP contribution in [0.3, 0.4) is 0 Å². The van der Waals surface area contributed by atoms with Crippen LogP contribution in [0.1, 0.15) is 25.7 Å². The molecule has 3 heteroatoms. The monoisotopic (exact) mass is 185 g/mol. The molecule has 2 saturated carbocycles. The molecule has 0 aliphatic heterocycles. The third-order valence-electron chi connectivity index (χ3n) is 2.57. The summed E-state index contributed by atoms with van der Waals surface area (Å²) < 4.78 is 0. The molecule has 2 rings (SSSR count). The van der Waals surface area contributed by atoms with Crippen molar-refractivity contribution in [3.8, 4) is 0 Å². The zero-order valence-electron chi connectivity index (χ0n) is 6.92. The van der Waals surface area contributed by atoms with Crippen LogP contribution in [0.5, 0.6) is 0 Å². The van der Waals surface area contributed by atoms with Gasteiger partial charge in [-0.15, -0.1) is 0 Å². The molecule has 0 aromatic carbocycles. The summed E-state index contributed by atoms with van der Waals surface area (Å²) >= 11 is 5.31. The van der Waals surface area contributed by atoms with E-state index < -0.39 is 0 Å². The van der Waals surface area contributed by atoms with Crippen LogP contribution in [0.4, 0.5) is 0 Å². The zero-order chi connectivity index (χ0) is 8.44. The minimum atomic E-state index is 0.486. The molecule has 0 N–H and O–H groups in total. The molecule has 0 bridgehead atoms. The Labute approximate surface area is 77.2 Å². The van der Waals surface area contributed by atoms with E-state index in [1.54, 1.807) is 6.08 Å². The van der Waals surface area contributed by atoms with Crippen LogP contribution in [0.2, 0.25) is 0 Å². The first kappa shape index (κ1) is 8.11. The van der Waals surface area contributed by atoms with Gasteiger partial charge < -0.3 is 4.84 Å². The second-order valence-electron chi connectivity index (χ2n) is 3.67. The zero-order valence-corrected chi connectivity index (χ0v) is 7.68. The van der Waals surface area contributed by atoms with E-state index in [4.69, 9.17) is 16.4 Å². The van der Waals surface area contributed by atoms with Crippen LogP contribution in [0.25, 0.3) is 0 Å². The van der Waals surface area contributed by atoms with Crippen molar-refractivity contribution in [2.24, 2.45) is 10.6 Å². The fourth-order valence-corrected chi connectivity index (χ4v) is 1.69. The molecule has 66 valence electrons. The van der Waals surface area contributed by atoms with E-state index in [0.29, 0.717) is 12.0 Å². The van der Waals surface area contributed by atoms with Crippen LogP contribution in [-0.2, 0) is 4.84 Å². The van der Waals surface area contributed by atoms with Crippen molar-refractivity contribution in [2.45, 2.75) is 25.7 Å². The van der Waals surface area contributed by atoms with Crippen LogP contribution in [0.15, 0.2) is 16.8 Å². The van der Waals surface area contributed by atoms with Crippen LogP contribution < -0.4 is 0 Å². The summed E-state index contributed by atoms with van der Waals surface area (Å²) in [4.78, 5) is 5.02. The van der Waals surface area contributed by atoms with Gasteiger partial charge in [-0.05, 0) is 37.2 Å². The standard InChI is InChI=1S/C9H12ClNO/c10-4-1-5-12-11-8-6-9(7-8)2-3-9/h1,4H,2-3,5-7H2/b4-1+. The van der Waals surface area contributed by atoms with E-state index in [1.807, 2.05) is 0 Å². The minimum Gasteiger partial charge on any atom is -0.392 e. The van der Waals surface area contributed by atoms with Crippen molar-refractivity contribution in [3.63, 3.8) is 0 Å². The quantitative estimate of drug-likeness (QED) is 0.490. The average Bonchev–Trinajstić information content (AvgIpc) is 2.76. The molecular weight excluding hydrogens is 174 g/mol. The highest BCUT2D eigenvalue weighted by molar-refractivity contribution is 6.25. The Hall–Kier alpha value is -0.500. The average molecular weight is 186 g/mol. The summed E-state index contributed by atoms with van der Waals surface area (Å²) in [6.07, 6.45) is 6.85. The number of oxime groups is 1. The van der Waals surface area contributed by atoms with Gasteiger partial charge in [0.2, 0.25) is 0 Å². The Morgan fingerprint density at radius 1 is 1.50 bits per heavy atom. The fourth-order valence-electron chi connectivity index (χ4n) is 1.62. The van der Waals surface area contributed by atoms with Crippen molar-refractivity contribution >= 4 is 17.3 Å². The Balaban J connectivity index is 1.65. The van der Waals surface area contributed by atoms with Gasteiger partial charge in [0.05, 0.1) is 5.71 Å². The number of nitrogens with zero attached hydrogens (tertiary/aromatic N) is 1. The van der Waals surface area contributed by atoms with Crippen molar-refractivity contribution in [1.82, 2.24) is 0 Å². The maximum Gasteiger partial charge on any atom is 0.136 e. The van der Waals surface area contributed by atoms with Crippen molar-refractivity contribution in [1.29, 1.82) is 0 Å². The van der Waals surface area contributed by atoms with Crippen molar-refractivity contribution in [2.75, 3.05) is 6.61 Å². The number of hydrogen-bond acceptors (Lipinski definition) is 2. The molecule has 0 aromatic rings. The SMILES string of the molecule is Cl/C=C/CON=C1CC2(CC2)C1. The molecule has 1 spiro atoms. The van der Waals surface area contributed by atoms with E-state index in [1.165, 1.54) is 24.1 Å². The van der Waals surface area contributed by atoms with Crippen LogP contribution in [-0.4, -0.2) is 12.3 Å². The predicted molar refractivity (Wildman–Crippen MR) is 49.3 cm³/mol. The predicted octanol–water partition coefficient (Wildman–Crippen LogP) is 2.69. The van der Waals surface area contributed by atoms with Gasteiger partial charge in [0, 0.05) is 5.54 Å². The lowest BCUT2D eigenvalue weighted by atomic mass is 9.80. The van der Waals surface area contributed by atoms with Crippen molar-refractivity contribution < 1.29 is 4.84 Å². The van der Waals surface area contributed by atoms with E-state index in [9.17, 15) is 0 Å². The molecule has 2 aliphatic carbocycles. The molecule has 0 heterocycles. The number of rotatable bonds is 3. The van der Waals surface area contributed by atoms with Gasteiger partial charge in [0.1, 0.15) is 6.61 Å². The van der Waals surface area contributed by atoms with Crippen molar-refractivity contribution in [3.05, 3.63) is 11.6 Å². The molecule has 0 radical (unpaired) electrons. The Kier molecular flexibility index (Phi) is 2.09. The smallest absolute Gasteiger partial charge is 0.136 e. The second-order valence-corrected chi connectivity index (χ2v) is 3.92. The van der Waals surface area contributed by atoms with Gasteiger partial charge in [-0.1, -0.05) is 16.8 Å². The fraction of sp³-hybridized carbons (Fsp3) is 0.667. The minimum absolute atomic E-state index is 0.486. The molecule has 0 atom stereocenters. The lowest BCUT2D eigenvalue weighted by Crippen LogP contribution is -2.25. The van der Waals surface area contributed by atoms with Gasteiger partial charge in [-0.25, -0.2) is 0 Å². The normalized spacial score (nSPS) is 24.2. The third kappa shape index (κ3) is 1.63. The van der Waals surface area contributed by atoms with Gasteiger partial charge in [0.15, 0.2) is 0 Å². The molecular formula is C9H12ClNO. The maximum absolute atomic E-state index is 5.31. The first-order chi connectivity index (χ1) is 5.85. The summed E-state index contributed by atoms with van der Waals surface area (Å²) in [5, 5.41) is 4.01. The van der Waals surface area contributed by atoms with Gasteiger partial charge >= 0.3 is 0 Å². The first-order valence-electron chi connectivity index (χ1n) is 4.28. The molecule has 0 aromatic heterocycles. The summed E-state index contributed by atoms with van der Waals surface area (Å²) in [6, 6.07) is 0. The molecule has 0 amide bonds. The van der Waals surface area contributed by atoms with Gasteiger partial charge in [-0.2, -0.15) is 0 Å². The second kappa shape index (κ2) is 3.09. The Morgan fingerprint density at radius 3 is 2.83 bits per heavy atom. The highest BCUT2D eigenvalue weighted by Gasteiger charge is 2.51. The largest absolute Gasteiger partial charge is 0.392 e. The Bertz CT molecular complexity index is 221. The van der Waals surface area contributed by atoms with E-state index in [2.05, 4.69) is 5.16 Å². The number of hydrogen-bond donors (Lipinski definition) is 0. The van der Waals surface area contributed by atoms with E-state index >= 15 is 0 Å². The van der Waals surface area contributed by atoms with E-state index in [0.717, 1.165) is 12.8 Å². The summed E-state index contributed by atoms with van der Waals surface area (Å²) in [7, 11) is 0. The number of halogens is 1. The summed E-state index contributed by atoms with van der Waals surface area (Å²) in [5.41, 5.74) is 3.35. The topological polar surface area (TPSA) is 21.6 Å². The summed E-state index contributed by atoms with van der Waals surface area (Å²) in [5.74, 6) is 0. The highest BCUT2D eigenvalue weighted by atomic mass is 35.5. The first-order valence-corrected chi connectivity index (χ1v) is 4.71. The van der Waals surface area contributed by atoms with Crippen LogP contribution >= 0.6 is 11.6 Å². The molecule has 2 aliphatic rings. The van der Waals surface area contributed by atoms with Gasteiger partial charge in [0.25, 0.3) is 0 Å². The molecule has 0 unspecified atom stereocenters.